The van der Waals surface area contributed by atoms with E-state index >= 15 is 0 Å². The van der Waals surface area contributed by atoms with Gasteiger partial charge in [-0.3, -0.25) is 0 Å². The Hall–Kier alpha value is -3.21. The van der Waals surface area contributed by atoms with E-state index in [1.165, 1.54) is 12.3 Å². The van der Waals surface area contributed by atoms with Crippen molar-refractivity contribution in [1.29, 1.82) is 0 Å². The van der Waals surface area contributed by atoms with Crippen molar-refractivity contribution in [2.24, 2.45) is 0 Å². The molecule has 1 N–H and O–H groups in total. The summed E-state index contributed by atoms with van der Waals surface area (Å²) in [6, 6.07) is 15.6. The second-order valence-electron chi connectivity index (χ2n) is 6.15. The molecule has 0 aliphatic carbocycles. The quantitative estimate of drug-likeness (QED) is 0.562. The van der Waals surface area contributed by atoms with Gasteiger partial charge in [0, 0.05) is 43.0 Å². The number of rotatable bonds is 3. The number of hydrogen-bond donors (Lipinski definition) is 1. The van der Waals surface area contributed by atoms with Crippen LogP contribution in [0.4, 0.5) is 10.2 Å². The molecule has 0 unspecified atom stereocenters. The van der Waals surface area contributed by atoms with Crippen molar-refractivity contribution in [2.45, 2.75) is 0 Å². The Morgan fingerprint density at radius 3 is 2.24 bits per heavy atom. The monoisotopic (exact) mass is 332 g/mol. The molecule has 0 bridgehead atoms. The minimum Gasteiger partial charge on any atom is -0.363 e. The molecule has 0 amide bonds. The van der Waals surface area contributed by atoms with Crippen LogP contribution in [0.1, 0.15) is 0 Å². The van der Waals surface area contributed by atoms with E-state index in [-0.39, 0.29) is 0 Å². The molecule has 25 heavy (non-hydrogen) atoms. The number of nitrogens with zero attached hydrogens (tertiary/aromatic N) is 3. The molecule has 3 aromatic heterocycles. The molecule has 0 radical (unpaired) electrons. The number of aromatic nitrogens is 3. The van der Waals surface area contributed by atoms with Gasteiger partial charge in [0.2, 0.25) is 5.95 Å². The highest BCUT2D eigenvalue weighted by Crippen LogP contribution is 2.27. The van der Waals surface area contributed by atoms with Gasteiger partial charge in [-0.15, -0.1) is 0 Å². The van der Waals surface area contributed by atoms with Crippen LogP contribution in [-0.4, -0.2) is 29.0 Å². The normalized spacial score (nSPS) is 11.0. The average molecular weight is 332 g/mol. The highest BCUT2D eigenvalue weighted by Gasteiger charge is 2.06. The number of pyridine rings is 2. The van der Waals surface area contributed by atoms with Gasteiger partial charge in [-0.05, 0) is 29.3 Å². The van der Waals surface area contributed by atoms with Crippen LogP contribution in [0.2, 0.25) is 0 Å². The number of nitrogens with one attached hydrogen (secondary N) is 1. The van der Waals surface area contributed by atoms with Crippen molar-refractivity contribution in [3.8, 4) is 22.4 Å². The van der Waals surface area contributed by atoms with Gasteiger partial charge in [-0.25, -0.2) is 9.97 Å². The lowest BCUT2D eigenvalue weighted by Gasteiger charge is -2.11. The smallest absolute Gasteiger partial charge is 0.213 e. The van der Waals surface area contributed by atoms with Gasteiger partial charge in [0.25, 0.3) is 0 Å². The first-order valence-electron chi connectivity index (χ1n) is 7.98. The summed E-state index contributed by atoms with van der Waals surface area (Å²) in [6.07, 6.45) is 3.39. The van der Waals surface area contributed by atoms with Gasteiger partial charge in [-0.1, -0.05) is 24.3 Å². The fourth-order valence-electron chi connectivity index (χ4n) is 2.82. The highest BCUT2D eigenvalue weighted by molar-refractivity contribution is 5.85. The first-order valence-corrected chi connectivity index (χ1v) is 7.98. The zero-order valence-electron chi connectivity index (χ0n) is 14.0. The molecule has 4 aromatic rings. The van der Waals surface area contributed by atoms with E-state index in [1.54, 1.807) is 0 Å². The Balaban J connectivity index is 1.64. The van der Waals surface area contributed by atoms with Crippen LogP contribution in [0.15, 0.2) is 60.9 Å². The Labute approximate surface area is 145 Å². The van der Waals surface area contributed by atoms with Crippen LogP contribution >= 0.6 is 0 Å². The van der Waals surface area contributed by atoms with E-state index in [4.69, 9.17) is 0 Å². The molecule has 4 rings (SSSR count). The maximum atomic E-state index is 13.2. The molecule has 0 aliphatic heterocycles. The SMILES string of the molecule is CN(C)c1ccc(-c2ccc(-c3cc4cc(F)ncc4[nH]3)cc2)cn1. The van der Waals surface area contributed by atoms with Gasteiger partial charge >= 0.3 is 0 Å². The molecular formula is C20H17FN4. The number of H-pyrrole nitrogens is 1. The Bertz CT molecular complexity index is 1020. The average Bonchev–Trinajstić information content (AvgIpc) is 3.05. The Kier molecular flexibility index (Phi) is 3.69. The first-order chi connectivity index (χ1) is 12.1. The molecular weight excluding hydrogens is 315 g/mol. The van der Waals surface area contributed by atoms with Crippen LogP contribution < -0.4 is 4.90 Å². The lowest BCUT2D eigenvalue weighted by atomic mass is 10.0. The maximum absolute atomic E-state index is 13.2. The Morgan fingerprint density at radius 2 is 1.56 bits per heavy atom. The van der Waals surface area contributed by atoms with E-state index < -0.39 is 5.95 Å². The van der Waals surface area contributed by atoms with Crippen molar-refractivity contribution in [3.05, 3.63) is 66.9 Å². The van der Waals surface area contributed by atoms with E-state index in [0.29, 0.717) is 0 Å². The van der Waals surface area contributed by atoms with Gasteiger partial charge in [-0.2, -0.15) is 4.39 Å². The Morgan fingerprint density at radius 1 is 0.840 bits per heavy atom. The number of hydrogen-bond acceptors (Lipinski definition) is 3. The topological polar surface area (TPSA) is 44.8 Å². The fourth-order valence-corrected chi connectivity index (χ4v) is 2.82. The molecule has 0 aliphatic rings. The highest BCUT2D eigenvalue weighted by atomic mass is 19.1. The minimum atomic E-state index is -0.470. The van der Waals surface area contributed by atoms with E-state index in [1.807, 2.05) is 49.5 Å². The van der Waals surface area contributed by atoms with Crippen LogP contribution in [-0.2, 0) is 0 Å². The predicted octanol–water partition coefficient (Wildman–Crippen LogP) is 4.50. The lowest BCUT2D eigenvalue weighted by Crippen LogP contribution is -2.09. The van der Waals surface area contributed by atoms with Crippen LogP contribution in [0.5, 0.6) is 0 Å². The van der Waals surface area contributed by atoms with E-state index in [9.17, 15) is 4.39 Å². The zero-order chi connectivity index (χ0) is 17.4. The first kappa shape index (κ1) is 15.3. The summed E-state index contributed by atoms with van der Waals surface area (Å²) in [5.74, 6) is 0.460. The molecule has 0 spiro atoms. The van der Waals surface area contributed by atoms with Crippen molar-refractivity contribution < 1.29 is 4.39 Å². The van der Waals surface area contributed by atoms with Crippen molar-refractivity contribution in [3.63, 3.8) is 0 Å². The third kappa shape index (κ3) is 2.96. The summed E-state index contributed by atoms with van der Waals surface area (Å²) in [7, 11) is 3.94. The number of anilines is 1. The van der Waals surface area contributed by atoms with Crippen molar-refractivity contribution in [2.75, 3.05) is 19.0 Å². The molecule has 124 valence electrons. The standard InChI is InChI=1S/C20H17FN4/c1-25(2)20-8-7-15(11-23-20)13-3-5-14(6-4-13)17-9-16-10-19(21)22-12-18(16)24-17/h3-12,24H,1-2H3. The minimum absolute atomic E-state index is 0.470. The molecule has 4 nitrogen and oxygen atoms in total. The molecule has 0 atom stereocenters. The predicted molar refractivity (Wildman–Crippen MR) is 99.0 cm³/mol. The summed E-state index contributed by atoms with van der Waals surface area (Å²) < 4.78 is 13.2. The zero-order valence-corrected chi connectivity index (χ0v) is 14.0. The summed E-state index contributed by atoms with van der Waals surface area (Å²) in [4.78, 5) is 13.4. The molecule has 5 heteroatoms. The van der Waals surface area contributed by atoms with Crippen LogP contribution in [0.25, 0.3) is 33.3 Å². The third-order valence-electron chi connectivity index (χ3n) is 4.21. The largest absolute Gasteiger partial charge is 0.363 e. The summed E-state index contributed by atoms with van der Waals surface area (Å²) in [5, 5.41) is 0.815. The third-order valence-corrected chi connectivity index (χ3v) is 4.21. The number of fused-ring (bicyclic) bond motifs is 1. The summed E-state index contributed by atoms with van der Waals surface area (Å²) >= 11 is 0. The van der Waals surface area contributed by atoms with Gasteiger partial charge in [0.1, 0.15) is 5.82 Å². The summed E-state index contributed by atoms with van der Waals surface area (Å²) in [5.41, 5.74) is 4.97. The number of benzene rings is 1. The second-order valence-corrected chi connectivity index (χ2v) is 6.15. The van der Waals surface area contributed by atoms with E-state index in [0.717, 1.165) is 39.1 Å². The molecule has 0 fully saturated rings. The second kappa shape index (κ2) is 6.02. The molecule has 1 aromatic carbocycles. The van der Waals surface area contributed by atoms with Crippen molar-refractivity contribution >= 4 is 16.7 Å². The molecule has 3 heterocycles. The lowest BCUT2D eigenvalue weighted by molar-refractivity contribution is 0.586. The number of aromatic amines is 1. The van der Waals surface area contributed by atoms with Crippen LogP contribution in [0, 0.1) is 5.95 Å². The van der Waals surface area contributed by atoms with E-state index in [2.05, 4.69) is 33.2 Å². The number of halogens is 1. The van der Waals surface area contributed by atoms with Gasteiger partial charge in [0.15, 0.2) is 0 Å². The summed E-state index contributed by atoms with van der Waals surface area (Å²) in [6.45, 7) is 0. The maximum Gasteiger partial charge on any atom is 0.213 e. The van der Waals surface area contributed by atoms with Gasteiger partial charge < -0.3 is 9.88 Å². The van der Waals surface area contributed by atoms with Crippen molar-refractivity contribution in [1.82, 2.24) is 15.0 Å². The van der Waals surface area contributed by atoms with Crippen LogP contribution in [0.3, 0.4) is 0 Å². The molecule has 0 saturated heterocycles. The fraction of sp³-hybridized carbons (Fsp3) is 0.100. The van der Waals surface area contributed by atoms with Gasteiger partial charge in [0.05, 0.1) is 11.7 Å². The molecule has 0 saturated carbocycles.